The van der Waals surface area contributed by atoms with Crippen LogP contribution < -0.4 is 5.32 Å². The van der Waals surface area contributed by atoms with E-state index in [1.54, 1.807) is 20.2 Å². The molecule has 0 radical (unpaired) electrons. The maximum absolute atomic E-state index is 12.1. The van der Waals surface area contributed by atoms with Crippen LogP contribution in [0.15, 0.2) is 18.6 Å². The molecule has 7 heteroatoms. The van der Waals surface area contributed by atoms with Crippen LogP contribution in [0.2, 0.25) is 0 Å². The quantitative estimate of drug-likeness (QED) is 0.927. The van der Waals surface area contributed by atoms with Gasteiger partial charge in [-0.3, -0.25) is 9.78 Å². The summed E-state index contributed by atoms with van der Waals surface area (Å²) in [5, 5.41) is 3.47. The predicted molar refractivity (Wildman–Crippen MR) is 72.3 cm³/mol. The normalized spacial score (nSPS) is 12.2. The van der Waals surface area contributed by atoms with E-state index in [9.17, 15) is 4.79 Å². The van der Waals surface area contributed by atoms with Crippen molar-refractivity contribution in [1.82, 2.24) is 15.0 Å². The molecule has 19 heavy (non-hydrogen) atoms. The lowest BCUT2D eigenvalue weighted by atomic mass is 10.3. The van der Waals surface area contributed by atoms with E-state index < -0.39 is 0 Å². The number of nitrogens with zero attached hydrogens (tertiary/aromatic N) is 3. The van der Waals surface area contributed by atoms with Gasteiger partial charge in [-0.05, 0) is 13.8 Å². The largest absolute Gasteiger partial charge is 0.375 e. The third kappa shape index (κ3) is 3.12. The molecule has 0 saturated carbocycles. The number of aryl methyl sites for hydroxylation is 1. The number of carbonyl (C=O) groups is 1. The fourth-order valence-corrected chi connectivity index (χ4v) is 2.43. The van der Waals surface area contributed by atoms with Gasteiger partial charge in [0.2, 0.25) is 0 Å². The van der Waals surface area contributed by atoms with Crippen LogP contribution in [0.5, 0.6) is 0 Å². The number of nitrogens with one attached hydrogen (secondary N) is 1. The Bertz CT molecular complexity index is 570. The van der Waals surface area contributed by atoms with Gasteiger partial charge in [-0.15, -0.1) is 11.3 Å². The van der Waals surface area contributed by atoms with Gasteiger partial charge >= 0.3 is 0 Å². The van der Waals surface area contributed by atoms with Gasteiger partial charge in [-0.25, -0.2) is 9.97 Å². The summed E-state index contributed by atoms with van der Waals surface area (Å²) in [6, 6.07) is 0. The van der Waals surface area contributed by atoms with Gasteiger partial charge < -0.3 is 10.1 Å². The van der Waals surface area contributed by atoms with E-state index in [0.29, 0.717) is 16.4 Å². The van der Waals surface area contributed by atoms with E-state index in [1.165, 1.54) is 23.7 Å². The first-order chi connectivity index (χ1) is 9.11. The highest BCUT2D eigenvalue weighted by atomic mass is 32.1. The number of anilines is 1. The molecule has 6 nitrogen and oxygen atoms in total. The zero-order chi connectivity index (χ0) is 13.8. The lowest BCUT2D eigenvalue weighted by Gasteiger charge is -2.03. The monoisotopic (exact) mass is 278 g/mol. The number of hydrogen-bond donors (Lipinski definition) is 1. The topological polar surface area (TPSA) is 77.0 Å². The second-order valence-electron chi connectivity index (χ2n) is 3.89. The number of ether oxygens (including phenoxy) is 1. The molecule has 0 saturated heterocycles. The summed E-state index contributed by atoms with van der Waals surface area (Å²) < 4.78 is 5.20. The SMILES string of the molecule is CO[C@@H](C)c1nc(C)c(C(=O)Nc2cnccn2)s1. The van der Waals surface area contributed by atoms with E-state index in [2.05, 4.69) is 20.3 Å². The van der Waals surface area contributed by atoms with E-state index >= 15 is 0 Å². The average Bonchev–Trinajstić information content (AvgIpc) is 2.81. The molecule has 2 aromatic heterocycles. The van der Waals surface area contributed by atoms with Crippen molar-refractivity contribution in [2.45, 2.75) is 20.0 Å². The van der Waals surface area contributed by atoms with Crippen LogP contribution in [0.4, 0.5) is 5.82 Å². The molecule has 0 aliphatic rings. The van der Waals surface area contributed by atoms with Crippen LogP contribution in [0.25, 0.3) is 0 Å². The Morgan fingerprint density at radius 2 is 2.26 bits per heavy atom. The maximum Gasteiger partial charge on any atom is 0.268 e. The van der Waals surface area contributed by atoms with Gasteiger partial charge in [0.25, 0.3) is 5.91 Å². The molecular weight excluding hydrogens is 264 g/mol. The van der Waals surface area contributed by atoms with Crippen molar-refractivity contribution < 1.29 is 9.53 Å². The Balaban J connectivity index is 2.18. The van der Waals surface area contributed by atoms with E-state index in [0.717, 1.165) is 5.01 Å². The standard InChI is InChI=1S/C12H14N4O2S/c1-7-10(19-12(15-7)8(2)18-3)11(17)16-9-6-13-4-5-14-9/h4-6,8H,1-3H3,(H,14,16,17)/t8-/m0/s1. The molecule has 0 bridgehead atoms. The number of hydrogen-bond acceptors (Lipinski definition) is 6. The van der Waals surface area contributed by atoms with Crippen LogP contribution in [0, 0.1) is 6.92 Å². The molecule has 0 aliphatic heterocycles. The van der Waals surface area contributed by atoms with Gasteiger partial charge in [0.1, 0.15) is 16.0 Å². The maximum atomic E-state index is 12.1. The van der Waals surface area contributed by atoms with Crippen LogP contribution in [0.3, 0.4) is 0 Å². The highest BCUT2D eigenvalue weighted by Gasteiger charge is 2.18. The third-order valence-corrected chi connectivity index (χ3v) is 3.84. The van der Waals surface area contributed by atoms with Crippen LogP contribution in [0.1, 0.15) is 33.4 Å². The van der Waals surface area contributed by atoms with Crippen molar-refractivity contribution in [2.24, 2.45) is 0 Å². The summed E-state index contributed by atoms with van der Waals surface area (Å²) in [5.41, 5.74) is 0.685. The minimum atomic E-state index is -0.231. The minimum Gasteiger partial charge on any atom is -0.375 e. The lowest BCUT2D eigenvalue weighted by Crippen LogP contribution is -2.12. The smallest absolute Gasteiger partial charge is 0.268 e. The molecule has 1 N–H and O–H groups in total. The zero-order valence-corrected chi connectivity index (χ0v) is 11.7. The number of carbonyl (C=O) groups excluding carboxylic acids is 1. The van der Waals surface area contributed by atoms with Gasteiger partial charge in [-0.1, -0.05) is 0 Å². The molecule has 0 aromatic carbocycles. The molecule has 0 unspecified atom stereocenters. The number of aromatic nitrogens is 3. The van der Waals surface area contributed by atoms with Crippen molar-refractivity contribution in [3.05, 3.63) is 34.2 Å². The minimum absolute atomic E-state index is 0.123. The van der Waals surface area contributed by atoms with Crippen molar-refractivity contribution in [3.63, 3.8) is 0 Å². The van der Waals surface area contributed by atoms with Gasteiger partial charge in [-0.2, -0.15) is 0 Å². The van der Waals surface area contributed by atoms with Gasteiger partial charge in [0.05, 0.1) is 11.9 Å². The first kappa shape index (κ1) is 13.6. The van der Waals surface area contributed by atoms with Gasteiger partial charge in [0.15, 0.2) is 5.82 Å². The van der Waals surface area contributed by atoms with Crippen molar-refractivity contribution in [1.29, 1.82) is 0 Å². The summed E-state index contributed by atoms with van der Waals surface area (Å²) >= 11 is 1.32. The molecule has 2 rings (SSSR count). The number of thiazole rings is 1. The fourth-order valence-electron chi connectivity index (χ4n) is 1.44. The van der Waals surface area contributed by atoms with E-state index in [1.807, 2.05) is 6.92 Å². The number of amides is 1. The second kappa shape index (κ2) is 5.85. The molecule has 0 fully saturated rings. The Labute approximate surface area is 114 Å². The van der Waals surface area contributed by atoms with E-state index in [-0.39, 0.29) is 12.0 Å². The Hall–Kier alpha value is -1.86. The molecule has 0 aliphatic carbocycles. The van der Waals surface area contributed by atoms with Crippen molar-refractivity contribution in [3.8, 4) is 0 Å². The molecule has 100 valence electrons. The summed E-state index contributed by atoms with van der Waals surface area (Å²) in [6.45, 7) is 3.69. The van der Waals surface area contributed by atoms with Crippen LogP contribution >= 0.6 is 11.3 Å². The lowest BCUT2D eigenvalue weighted by molar-refractivity contribution is 0.102. The Morgan fingerprint density at radius 1 is 1.47 bits per heavy atom. The Morgan fingerprint density at radius 3 is 2.89 bits per heavy atom. The molecule has 2 heterocycles. The Kier molecular flexibility index (Phi) is 4.18. The fraction of sp³-hybridized carbons (Fsp3) is 0.333. The van der Waals surface area contributed by atoms with Gasteiger partial charge in [0, 0.05) is 19.5 Å². The zero-order valence-electron chi connectivity index (χ0n) is 10.9. The molecule has 1 atom stereocenters. The highest BCUT2D eigenvalue weighted by molar-refractivity contribution is 7.14. The molecule has 1 amide bonds. The van der Waals surface area contributed by atoms with Crippen molar-refractivity contribution in [2.75, 3.05) is 12.4 Å². The molecular formula is C12H14N4O2S. The summed E-state index contributed by atoms with van der Waals surface area (Å²) in [7, 11) is 1.61. The second-order valence-corrected chi connectivity index (χ2v) is 4.92. The first-order valence-corrected chi connectivity index (χ1v) is 6.51. The first-order valence-electron chi connectivity index (χ1n) is 5.69. The van der Waals surface area contributed by atoms with E-state index in [4.69, 9.17) is 4.74 Å². The third-order valence-electron chi connectivity index (χ3n) is 2.53. The van der Waals surface area contributed by atoms with Crippen LogP contribution in [-0.4, -0.2) is 28.0 Å². The molecule has 2 aromatic rings. The predicted octanol–water partition coefficient (Wildman–Crippen LogP) is 2.20. The van der Waals surface area contributed by atoms with Crippen molar-refractivity contribution >= 4 is 23.1 Å². The number of methoxy groups -OCH3 is 1. The molecule has 0 spiro atoms. The summed E-state index contributed by atoms with van der Waals surface area (Å²) in [5.74, 6) is 0.187. The number of rotatable bonds is 4. The average molecular weight is 278 g/mol. The summed E-state index contributed by atoms with van der Waals surface area (Å²) in [4.78, 5) is 24.9. The summed E-state index contributed by atoms with van der Waals surface area (Å²) in [6.07, 6.45) is 4.44. The highest BCUT2D eigenvalue weighted by Crippen LogP contribution is 2.25. The van der Waals surface area contributed by atoms with Crippen LogP contribution in [-0.2, 0) is 4.74 Å².